The lowest BCUT2D eigenvalue weighted by molar-refractivity contribution is -0.138. The zero-order valence-electron chi connectivity index (χ0n) is 5.73. The lowest BCUT2D eigenvalue weighted by Gasteiger charge is -1.88. The molecule has 0 aromatic carbocycles. The molecule has 2 unspecified atom stereocenters. The maximum absolute atomic E-state index is 10.4. The van der Waals surface area contributed by atoms with Crippen molar-refractivity contribution < 1.29 is 9.90 Å². The minimum absolute atomic E-state index is 0.169. The maximum Gasteiger partial charge on any atom is 0.307 e. The molecule has 2 atom stereocenters. The predicted octanol–water partition coefficient (Wildman–Crippen LogP) is 1.33. The standard InChI is InChI=1S/C7H7NO2S/c9-7(10)5-1-4(5)6-2-11-3-8-6/h2-5H,1H2,(H,9,10). The Kier molecular flexibility index (Phi) is 1.42. The third kappa shape index (κ3) is 1.14. The Balaban J connectivity index is 2.08. The zero-order chi connectivity index (χ0) is 7.84. The van der Waals surface area contributed by atoms with E-state index < -0.39 is 5.97 Å². The molecule has 1 aromatic heterocycles. The molecule has 1 saturated carbocycles. The lowest BCUT2D eigenvalue weighted by Crippen LogP contribution is -1.98. The molecule has 0 bridgehead atoms. The minimum atomic E-state index is -0.692. The SMILES string of the molecule is O=C(O)C1CC1c1cscn1. The molecule has 3 nitrogen and oxygen atoms in total. The van der Waals surface area contributed by atoms with Crippen molar-refractivity contribution in [2.24, 2.45) is 5.92 Å². The van der Waals surface area contributed by atoms with Crippen LogP contribution in [0, 0.1) is 5.92 Å². The highest BCUT2D eigenvalue weighted by molar-refractivity contribution is 7.07. The van der Waals surface area contributed by atoms with Gasteiger partial charge in [-0.3, -0.25) is 4.79 Å². The van der Waals surface area contributed by atoms with E-state index in [9.17, 15) is 4.79 Å². The first-order chi connectivity index (χ1) is 5.29. The van der Waals surface area contributed by atoms with Gasteiger partial charge in [-0.15, -0.1) is 11.3 Å². The first-order valence-corrected chi connectivity index (χ1v) is 4.34. The Hall–Kier alpha value is -0.900. The van der Waals surface area contributed by atoms with E-state index in [2.05, 4.69) is 4.98 Å². The fourth-order valence-electron chi connectivity index (χ4n) is 1.20. The molecule has 0 aliphatic heterocycles. The quantitative estimate of drug-likeness (QED) is 0.726. The molecule has 0 radical (unpaired) electrons. The van der Waals surface area contributed by atoms with E-state index in [0.29, 0.717) is 0 Å². The number of nitrogens with zero attached hydrogens (tertiary/aromatic N) is 1. The third-order valence-corrected chi connectivity index (χ3v) is 2.54. The smallest absolute Gasteiger partial charge is 0.307 e. The van der Waals surface area contributed by atoms with Crippen molar-refractivity contribution in [3.63, 3.8) is 0 Å². The molecule has 1 N–H and O–H groups in total. The first-order valence-electron chi connectivity index (χ1n) is 3.40. The van der Waals surface area contributed by atoms with Crippen LogP contribution in [0.1, 0.15) is 18.0 Å². The lowest BCUT2D eigenvalue weighted by atomic mass is 10.2. The van der Waals surface area contributed by atoms with Crippen LogP contribution in [0.15, 0.2) is 10.9 Å². The van der Waals surface area contributed by atoms with Gasteiger partial charge in [0.05, 0.1) is 17.1 Å². The Labute approximate surface area is 67.7 Å². The fourth-order valence-corrected chi connectivity index (χ4v) is 1.82. The molecular weight excluding hydrogens is 162 g/mol. The van der Waals surface area contributed by atoms with E-state index >= 15 is 0 Å². The molecule has 0 spiro atoms. The van der Waals surface area contributed by atoms with Gasteiger partial charge in [0, 0.05) is 11.3 Å². The van der Waals surface area contributed by atoms with E-state index in [-0.39, 0.29) is 11.8 Å². The van der Waals surface area contributed by atoms with Crippen LogP contribution >= 0.6 is 11.3 Å². The van der Waals surface area contributed by atoms with Crippen molar-refractivity contribution in [2.45, 2.75) is 12.3 Å². The molecule has 1 heterocycles. The van der Waals surface area contributed by atoms with Crippen molar-refractivity contribution in [2.75, 3.05) is 0 Å². The van der Waals surface area contributed by atoms with Crippen molar-refractivity contribution in [1.82, 2.24) is 4.98 Å². The van der Waals surface area contributed by atoms with E-state index in [1.807, 2.05) is 5.38 Å². The van der Waals surface area contributed by atoms with Crippen LogP contribution in [0.2, 0.25) is 0 Å². The second-order valence-electron chi connectivity index (χ2n) is 2.70. The summed E-state index contributed by atoms with van der Waals surface area (Å²) >= 11 is 1.52. The Morgan fingerprint density at radius 2 is 2.64 bits per heavy atom. The number of hydrogen-bond acceptors (Lipinski definition) is 3. The number of carboxylic acids is 1. The number of rotatable bonds is 2. The van der Waals surface area contributed by atoms with Crippen LogP contribution in [-0.2, 0) is 4.79 Å². The summed E-state index contributed by atoms with van der Waals surface area (Å²) in [5, 5.41) is 10.5. The molecule has 11 heavy (non-hydrogen) atoms. The average molecular weight is 169 g/mol. The Morgan fingerprint density at radius 1 is 1.82 bits per heavy atom. The summed E-state index contributed by atoms with van der Waals surface area (Å²) in [5.41, 5.74) is 2.69. The van der Waals surface area contributed by atoms with Crippen LogP contribution in [0.25, 0.3) is 0 Å². The summed E-state index contributed by atoms with van der Waals surface area (Å²) < 4.78 is 0. The molecular formula is C7H7NO2S. The van der Waals surface area contributed by atoms with Gasteiger partial charge >= 0.3 is 5.97 Å². The predicted molar refractivity (Wildman–Crippen MR) is 40.6 cm³/mol. The van der Waals surface area contributed by atoms with Crippen LogP contribution in [0.4, 0.5) is 0 Å². The first kappa shape index (κ1) is 6.79. The number of aromatic nitrogens is 1. The number of thiazole rings is 1. The van der Waals surface area contributed by atoms with E-state index in [4.69, 9.17) is 5.11 Å². The second-order valence-corrected chi connectivity index (χ2v) is 3.42. The molecule has 1 aliphatic rings. The zero-order valence-corrected chi connectivity index (χ0v) is 6.54. The highest BCUT2D eigenvalue weighted by Crippen LogP contribution is 2.47. The molecule has 1 fully saturated rings. The maximum atomic E-state index is 10.4. The molecule has 0 saturated heterocycles. The molecule has 4 heteroatoms. The Morgan fingerprint density at radius 3 is 3.09 bits per heavy atom. The highest BCUT2D eigenvalue weighted by Gasteiger charge is 2.45. The van der Waals surface area contributed by atoms with Gasteiger partial charge in [-0.1, -0.05) is 0 Å². The Bertz CT molecular complexity index is 270. The van der Waals surface area contributed by atoms with Crippen molar-refractivity contribution >= 4 is 17.3 Å². The van der Waals surface area contributed by atoms with Gasteiger partial charge in [-0.05, 0) is 6.42 Å². The van der Waals surface area contributed by atoms with Crippen LogP contribution in [-0.4, -0.2) is 16.1 Å². The van der Waals surface area contributed by atoms with E-state index in [0.717, 1.165) is 12.1 Å². The van der Waals surface area contributed by atoms with Gasteiger partial charge in [0.2, 0.25) is 0 Å². The summed E-state index contributed by atoms with van der Waals surface area (Å²) in [6, 6.07) is 0. The van der Waals surface area contributed by atoms with E-state index in [1.165, 1.54) is 11.3 Å². The minimum Gasteiger partial charge on any atom is -0.481 e. The number of carbonyl (C=O) groups is 1. The third-order valence-electron chi connectivity index (χ3n) is 1.94. The monoisotopic (exact) mass is 169 g/mol. The molecule has 2 rings (SSSR count). The summed E-state index contributed by atoms with van der Waals surface area (Å²) in [6.45, 7) is 0. The van der Waals surface area contributed by atoms with Gasteiger partial charge in [0.25, 0.3) is 0 Å². The summed E-state index contributed by atoms with van der Waals surface area (Å²) in [6.07, 6.45) is 0.763. The van der Waals surface area contributed by atoms with Crippen molar-refractivity contribution in [1.29, 1.82) is 0 Å². The molecule has 58 valence electrons. The summed E-state index contributed by atoms with van der Waals surface area (Å²) in [5.74, 6) is -0.668. The number of carboxylic acid groups (broad SMARTS) is 1. The van der Waals surface area contributed by atoms with Gasteiger partial charge in [-0.25, -0.2) is 4.98 Å². The van der Waals surface area contributed by atoms with Gasteiger partial charge in [-0.2, -0.15) is 0 Å². The molecule has 0 amide bonds. The average Bonchev–Trinajstić information content (AvgIpc) is 2.60. The summed E-state index contributed by atoms with van der Waals surface area (Å²) in [7, 11) is 0. The fraction of sp³-hybridized carbons (Fsp3) is 0.429. The largest absolute Gasteiger partial charge is 0.481 e. The summed E-state index contributed by atoms with van der Waals surface area (Å²) in [4.78, 5) is 14.5. The number of hydrogen-bond donors (Lipinski definition) is 1. The molecule has 1 aliphatic carbocycles. The van der Waals surface area contributed by atoms with Gasteiger partial charge in [0.15, 0.2) is 0 Å². The van der Waals surface area contributed by atoms with Crippen molar-refractivity contribution in [3.8, 4) is 0 Å². The van der Waals surface area contributed by atoms with Crippen LogP contribution in [0.5, 0.6) is 0 Å². The van der Waals surface area contributed by atoms with Crippen LogP contribution in [0.3, 0.4) is 0 Å². The van der Waals surface area contributed by atoms with E-state index in [1.54, 1.807) is 5.51 Å². The second kappa shape index (κ2) is 2.30. The van der Waals surface area contributed by atoms with Crippen LogP contribution < -0.4 is 0 Å². The van der Waals surface area contributed by atoms with Gasteiger partial charge < -0.3 is 5.11 Å². The van der Waals surface area contributed by atoms with Gasteiger partial charge in [0.1, 0.15) is 0 Å². The topological polar surface area (TPSA) is 50.2 Å². The number of aliphatic carboxylic acids is 1. The van der Waals surface area contributed by atoms with Crippen molar-refractivity contribution in [3.05, 3.63) is 16.6 Å². The highest BCUT2D eigenvalue weighted by atomic mass is 32.1. The normalized spacial score (nSPS) is 28.4. The molecule has 1 aromatic rings.